The lowest BCUT2D eigenvalue weighted by atomic mass is 9.79. The highest BCUT2D eigenvalue weighted by molar-refractivity contribution is 7.22. The Morgan fingerprint density at radius 2 is 1.97 bits per heavy atom. The summed E-state index contributed by atoms with van der Waals surface area (Å²) in [4.78, 5) is 30.3. The molecule has 2 fully saturated rings. The summed E-state index contributed by atoms with van der Waals surface area (Å²) in [6.45, 7) is 4.13. The number of carbonyl (C=O) groups is 2. The number of nitrogen functional groups attached to an aromatic ring is 1. The molecule has 0 saturated heterocycles. The van der Waals surface area contributed by atoms with E-state index in [1.807, 2.05) is 19.1 Å². The minimum atomic E-state index is -0.349. The summed E-state index contributed by atoms with van der Waals surface area (Å²) in [6, 6.07) is 8.99. The van der Waals surface area contributed by atoms with E-state index in [0.29, 0.717) is 37.9 Å². The number of benzene rings is 2. The van der Waals surface area contributed by atoms with Gasteiger partial charge in [-0.2, -0.15) is 0 Å². The first kappa shape index (κ1) is 24.7. The third kappa shape index (κ3) is 5.32. The summed E-state index contributed by atoms with van der Waals surface area (Å²) < 4.78 is 6.05. The number of allylic oxidation sites excluding steroid dienone is 1. The molecule has 2 aromatic carbocycles. The van der Waals surface area contributed by atoms with Gasteiger partial charge >= 0.3 is 0 Å². The molecule has 35 heavy (non-hydrogen) atoms. The maximum absolute atomic E-state index is 13.2. The number of nitrogens with two attached hydrogens (primary N) is 1. The lowest BCUT2D eigenvalue weighted by Crippen LogP contribution is -2.24. The molecule has 2 saturated carbocycles. The van der Waals surface area contributed by atoms with Crippen molar-refractivity contribution in [2.75, 3.05) is 18.2 Å². The molecule has 7 nitrogen and oxygen atoms in total. The van der Waals surface area contributed by atoms with E-state index in [1.54, 1.807) is 18.2 Å². The quantitative estimate of drug-likeness (QED) is 0.284. The molecule has 0 aliphatic heterocycles. The van der Waals surface area contributed by atoms with Crippen molar-refractivity contribution in [3.63, 3.8) is 0 Å². The normalized spacial score (nSPS) is 17.0. The molecule has 3 aromatic rings. The van der Waals surface area contributed by atoms with E-state index in [1.165, 1.54) is 30.3 Å². The molecule has 5 rings (SSSR count). The van der Waals surface area contributed by atoms with Crippen LogP contribution in [0.3, 0.4) is 0 Å². The molecule has 1 amide bonds. The Morgan fingerprint density at radius 1 is 1.23 bits per heavy atom. The van der Waals surface area contributed by atoms with Gasteiger partial charge in [0.05, 0.1) is 29.3 Å². The molecule has 0 spiro atoms. The third-order valence-electron chi connectivity index (χ3n) is 6.55. The number of rotatable bonds is 5. The van der Waals surface area contributed by atoms with Gasteiger partial charge < -0.3 is 20.9 Å². The number of hydrogen-bond donors (Lipinski definition) is 3. The van der Waals surface area contributed by atoms with Crippen molar-refractivity contribution in [3.05, 3.63) is 58.9 Å². The van der Waals surface area contributed by atoms with Gasteiger partial charge in [-0.3, -0.25) is 9.59 Å². The summed E-state index contributed by atoms with van der Waals surface area (Å²) in [6.07, 6.45) is 6.35. The van der Waals surface area contributed by atoms with E-state index in [4.69, 9.17) is 15.6 Å². The van der Waals surface area contributed by atoms with Gasteiger partial charge in [0.15, 0.2) is 10.9 Å². The number of thiazole rings is 1. The van der Waals surface area contributed by atoms with Crippen molar-refractivity contribution in [2.24, 2.45) is 11.8 Å². The van der Waals surface area contributed by atoms with Crippen molar-refractivity contribution in [3.8, 4) is 5.75 Å². The van der Waals surface area contributed by atoms with Crippen LogP contribution in [0.25, 0.3) is 10.2 Å². The highest BCUT2D eigenvalue weighted by atomic mass is 32.1. The van der Waals surface area contributed by atoms with Crippen molar-refractivity contribution in [1.82, 2.24) is 4.98 Å². The number of anilines is 2. The topological polar surface area (TPSA) is 115 Å². The largest absolute Gasteiger partial charge is 0.516 e. The fourth-order valence-electron chi connectivity index (χ4n) is 4.36. The fourth-order valence-corrected chi connectivity index (χ4v) is 5.23. The Labute approximate surface area is 209 Å². The van der Waals surface area contributed by atoms with E-state index in [0.717, 1.165) is 43.6 Å². The van der Waals surface area contributed by atoms with E-state index < -0.39 is 0 Å². The van der Waals surface area contributed by atoms with Crippen LogP contribution in [0.15, 0.2) is 42.2 Å². The average molecular weight is 494 g/mol. The van der Waals surface area contributed by atoms with Gasteiger partial charge in [0.1, 0.15) is 11.3 Å². The maximum atomic E-state index is 13.2. The number of aromatic nitrogens is 1. The molecule has 2 aliphatic carbocycles. The number of fused-ring (bicyclic) bond motifs is 1. The molecule has 2 aliphatic rings. The molecule has 1 heterocycles. The Hall–Kier alpha value is -3.39. The molecule has 1 aromatic heterocycles. The third-order valence-corrected chi connectivity index (χ3v) is 7.47. The molecular weight excluding hydrogens is 462 g/mol. The first-order valence-corrected chi connectivity index (χ1v) is 12.6. The van der Waals surface area contributed by atoms with Crippen molar-refractivity contribution < 1.29 is 19.4 Å². The Balaban J connectivity index is 0.000000356. The predicted octanol–water partition coefficient (Wildman–Crippen LogP) is 6.29. The molecule has 4 N–H and O–H groups in total. The predicted molar refractivity (Wildman–Crippen MR) is 140 cm³/mol. The Kier molecular flexibility index (Phi) is 7.40. The van der Waals surface area contributed by atoms with Gasteiger partial charge in [-0.15, -0.1) is 0 Å². The molecule has 184 valence electrons. The van der Waals surface area contributed by atoms with Crippen molar-refractivity contribution >= 4 is 44.1 Å². The van der Waals surface area contributed by atoms with E-state index in [2.05, 4.69) is 17.2 Å². The van der Waals surface area contributed by atoms with Gasteiger partial charge in [0.2, 0.25) is 0 Å². The fraction of sp³-hybridized carbons (Fsp3) is 0.370. The van der Waals surface area contributed by atoms with Crippen LogP contribution < -0.4 is 15.8 Å². The van der Waals surface area contributed by atoms with E-state index >= 15 is 0 Å². The number of methoxy groups -OCH3 is 1. The molecule has 0 bridgehead atoms. The Morgan fingerprint density at radius 3 is 2.54 bits per heavy atom. The van der Waals surface area contributed by atoms with E-state index in [-0.39, 0.29) is 17.6 Å². The summed E-state index contributed by atoms with van der Waals surface area (Å²) in [5.74, 6) is 1.05. The second kappa shape index (κ2) is 10.5. The number of aliphatic hydroxyl groups excluding tert-OH is 1. The first-order valence-electron chi connectivity index (χ1n) is 11.8. The highest BCUT2D eigenvalue weighted by Crippen LogP contribution is 2.36. The highest BCUT2D eigenvalue weighted by Gasteiger charge is 2.29. The van der Waals surface area contributed by atoms with Crippen LogP contribution in [0.1, 0.15) is 65.3 Å². The maximum Gasteiger partial charge on any atom is 0.260 e. The van der Waals surface area contributed by atoms with Crippen LogP contribution in [-0.4, -0.2) is 28.9 Å². The summed E-state index contributed by atoms with van der Waals surface area (Å²) in [5.41, 5.74) is 10.1. The smallest absolute Gasteiger partial charge is 0.260 e. The first-order chi connectivity index (χ1) is 16.8. The SMILES string of the molecule is CC1CC(=CO)C1.COc1ccc2nc(N)sc2c1C(=O)Nc1ccc(C)cc1C(=O)C1CCC1. The average Bonchev–Trinajstić information content (AvgIpc) is 3.16. The second-order valence-electron chi connectivity index (χ2n) is 9.34. The van der Waals surface area contributed by atoms with Crippen LogP contribution in [0.4, 0.5) is 10.8 Å². The summed E-state index contributed by atoms with van der Waals surface area (Å²) >= 11 is 1.24. The Bertz CT molecular complexity index is 1290. The zero-order valence-electron chi connectivity index (χ0n) is 20.3. The van der Waals surface area contributed by atoms with E-state index in [9.17, 15) is 9.59 Å². The molecule has 0 radical (unpaired) electrons. The molecule has 0 unspecified atom stereocenters. The van der Waals surface area contributed by atoms with Crippen LogP contribution in [0.5, 0.6) is 5.75 Å². The zero-order chi connectivity index (χ0) is 25.1. The molecule has 0 atom stereocenters. The minimum absolute atomic E-state index is 0.0525. The molecule has 8 heteroatoms. The van der Waals surface area contributed by atoms with Crippen LogP contribution in [-0.2, 0) is 0 Å². The standard InChI is InChI=1S/C21H21N3O3S.C6H10O/c1-11-6-7-14(13(10-11)18(25)12-4-3-5-12)23-20(26)17-16(27-2)9-8-15-19(17)28-21(22)24-15;1-5-2-6(3-5)4-7/h6-10,12H,3-5H2,1-2H3,(H2,22,24)(H,23,26);4-5,7H,2-3H2,1H3. The second-order valence-corrected chi connectivity index (χ2v) is 10.4. The van der Waals surface area contributed by atoms with Gasteiger partial charge in [-0.25, -0.2) is 4.98 Å². The van der Waals surface area contributed by atoms with Crippen LogP contribution in [0, 0.1) is 18.8 Å². The summed E-state index contributed by atoms with van der Waals surface area (Å²) in [5, 5.41) is 11.6. The number of ether oxygens (including phenoxy) is 1. The van der Waals surface area contributed by atoms with Crippen LogP contribution in [0.2, 0.25) is 0 Å². The monoisotopic (exact) mass is 493 g/mol. The lowest BCUT2D eigenvalue weighted by Gasteiger charge is -2.25. The van der Waals surface area contributed by atoms with Crippen molar-refractivity contribution in [2.45, 2.75) is 46.0 Å². The van der Waals surface area contributed by atoms with Gasteiger partial charge in [-0.05, 0) is 68.4 Å². The van der Waals surface area contributed by atoms with Crippen molar-refractivity contribution in [1.29, 1.82) is 0 Å². The number of nitrogens with zero attached hydrogens (tertiary/aromatic N) is 1. The number of aryl methyl sites for hydroxylation is 1. The summed E-state index contributed by atoms with van der Waals surface area (Å²) in [7, 11) is 1.51. The number of aliphatic hydroxyl groups is 1. The van der Waals surface area contributed by atoms with Gasteiger partial charge in [-0.1, -0.05) is 36.3 Å². The molecular formula is C27H31N3O4S. The van der Waals surface area contributed by atoms with Gasteiger partial charge in [0.25, 0.3) is 5.91 Å². The minimum Gasteiger partial charge on any atom is -0.516 e. The number of carbonyl (C=O) groups excluding carboxylic acids is 2. The van der Waals surface area contributed by atoms with Crippen LogP contribution >= 0.6 is 11.3 Å². The zero-order valence-corrected chi connectivity index (χ0v) is 21.1. The number of amides is 1. The number of ketones is 1. The number of nitrogens with one attached hydrogen (secondary N) is 1. The lowest BCUT2D eigenvalue weighted by molar-refractivity contribution is 0.0856. The number of hydrogen-bond acceptors (Lipinski definition) is 7. The number of Topliss-reactive ketones (excluding diaryl/α,β-unsaturated/α-hetero) is 1. The van der Waals surface area contributed by atoms with Gasteiger partial charge in [0, 0.05) is 11.5 Å².